The van der Waals surface area contributed by atoms with Crippen molar-refractivity contribution in [2.75, 3.05) is 14.1 Å². The SMILES string of the molecule is CCC(C)(C(CCc1cccs1)NN)N(C)C. The first-order valence-electron chi connectivity index (χ1n) is 6.20. The molecule has 0 aliphatic rings. The minimum Gasteiger partial charge on any atom is -0.302 e. The van der Waals surface area contributed by atoms with Gasteiger partial charge in [0.25, 0.3) is 0 Å². The highest BCUT2D eigenvalue weighted by molar-refractivity contribution is 7.09. The molecule has 1 heterocycles. The highest BCUT2D eigenvalue weighted by Crippen LogP contribution is 2.24. The van der Waals surface area contributed by atoms with Gasteiger partial charge >= 0.3 is 0 Å². The first-order valence-corrected chi connectivity index (χ1v) is 7.08. The van der Waals surface area contributed by atoms with Gasteiger partial charge in [-0.15, -0.1) is 11.3 Å². The van der Waals surface area contributed by atoms with Crippen LogP contribution in [0.4, 0.5) is 0 Å². The summed E-state index contributed by atoms with van der Waals surface area (Å²) < 4.78 is 0. The fourth-order valence-electron chi connectivity index (χ4n) is 2.19. The molecular weight excluding hydrogens is 230 g/mol. The summed E-state index contributed by atoms with van der Waals surface area (Å²) in [5.74, 6) is 5.74. The summed E-state index contributed by atoms with van der Waals surface area (Å²) in [4.78, 5) is 3.70. The van der Waals surface area contributed by atoms with Crippen molar-refractivity contribution in [1.29, 1.82) is 0 Å². The summed E-state index contributed by atoms with van der Waals surface area (Å²) in [5.41, 5.74) is 3.10. The lowest BCUT2D eigenvalue weighted by atomic mass is 9.85. The lowest BCUT2D eigenvalue weighted by molar-refractivity contribution is 0.108. The first kappa shape index (κ1) is 14.6. The third kappa shape index (κ3) is 3.52. The van der Waals surface area contributed by atoms with Gasteiger partial charge in [-0.2, -0.15) is 0 Å². The maximum Gasteiger partial charge on any atom is 0.0395 e. The molecule has 0 aromatic carbocycles. The van der Waals surface area contributed by atoms with Crippen LogP contribution in [0.5, 0.6) is 0 Å². The molecule has 1 aromatic rings. The first-order chi connectivity index (χ1) is 8.04. The van der Waals surface area contributed by atoms with E-state index >= 15 is 0 Å². The van der Waals surface area contributed by atoms with Gasteiger partial charge in [-0.1, -0.05) is 13.0 Å². The van der Waals surface area contributed by atoms with Crippen LogP contribution < -0.4 is 11.3 Å². The van der Waals surface area contributed by atoms with Gasteiger partial charge in [0.2, 0.25) is 0 Å². The summed E-state index contributed by atoms with van der Waals surface area (Å²) in [7, 11) is 4.25. The molecule has 0 amide bonds. The molecule has 0 spiro atoms. The minimum absolute atomic E-state index is 0.103. The molecular formula is C13H25N3S. The predicted molar refractivity (Wildman–Crippen MR) is 76.1 cm³/mol. The standard InChI is InChI=1S/C13H25N3S/c1-5-13(2,16(3)4)12(15-14)9-8-11-7-6-10-17-11/h6-7,10,12,15H,5,8-9,14H2,1-4H3. The summed E-state index contributed by atoms with van der Waals surface area (Å²) in [6.45, 7) is 4.49. The third-order valence-electron chi connectivity index (χ3n) is 3.95. The van der Waals surface area contributed by atoms with E-state index in [1.807, 2.05) is 11.3 Å². The monoisotopic (exact) mass is 255 g/mol. The molecule has 1 rings (SSSR count). The second-order valence-electron chi connectivity index (χ2n) is 4.94. The van der Waals surface area contributed by atoms with Crippen molar-refractivity contribution in [2.24, 2.45) is 5.84 Å². The molecule has 0 bridgehead atoms. The lowest BCUT2D eigenvalue weighted by Gasteiger charge is -2.42. The second kappa shape index (κ2) is 6.50. The van der Waals surface area contributed by atoms with Gasteiger partial charge in [-0.05, 0) is 51.7 Å². The van der Waals surface area contributed by atoms with Crippen LogP contribution in [0.1, 0.15) is 31.6 Å². The highest BCUT2D eigenvalue weighted by atomic mass is 32.1. The van der Waals surface area contributed by atoms with E-state index in [0.29, 0.717) is 6.04 Å². The number of hydrazine groups is 1. The number of nitrogens with one attached hydrogen (secondary N) is 1. The third-order valence-corrected chi connectivity index (χ3v) is 4.89. The summed E-state index contributed by atoms with van der Waals surface area (Å²) in [5, 5.41) is 2.13. The van der Waals surface area contributed by atoms with Gasteiger partial charge in [-0.25, -0.2) is 0 Å². The van der Waals surface area contributed by atoms with Gasteiger partial charge in [0.15, 0.2) is 0 Å². The molecule has 2 atom stereocenters. The van der Waals surface area contributed by atoms with Crippen molar-refractivity contribution >= 4 is 11.3 Å². The van der Waals surface area contributed by atoms with Crippen molar-refractivity contribution in [1.82, 2.24) is 10.3 Å². The Balaban J connectivity index is 2.63. The number of thiophene rings is 1. The number of likely N-dealkylation sites (N-methyl/N-ethyl adjacent to an activating group) is 1. The van der Waals surface area contributed by atoms with Crippen LogP contribution in [0, 0.1) is 0 Å². The van der Waals surface area contributed by atoms with Crippen LogP contribution in [-0.2, 0) is 6.42 Å². The minimum atomic E-state index is 0.103. The molecule has 0 aliphatic heterocycles. The maximum atomic E-state index is 5.74. The molecule has 98 valence electrons. The normalized spacial score (nSPS) is 17.1. The fourth-order valence-corrected chi connectivity index (χ4v) is 2.91. The van der Waals surface area contributed by atoms with E-state index in [1.54, 1.807) is 0 Å². The molecule has 2 unspecified atom stereocenters. The Morgan fingerprint density at radius 2 is 2.24 bits per heavy atom. The Morgan fingerprint density at radius 1 is 1.53 bits per heavy atom. The number of rotatable bonds is 7. The maximum absolute atomic E-state index is 5.74. The van der Waals surface area contributed by atoms with Crippen molar-refractivity contribution in [3.63, 3.8) is 0 Å². The van der Waals surface area contributed by atoms with Crippen LogP contribution in [0.3, 0.4) is 0 Å². The Labute approximate surface area is 109 Å². The van der Waals surface area contributed by atoms with Crippen molar-refractivity contribution in [3.05, 3.63) is 22.4 Å². The Morgan fingerprint density at radius 3 is 2.65 bits per heavy atom. The molecule has 0 aliphatic carbocycles. The number of aryl methyl sites for hydroxylation is 1. The van der Waals surface area contributed by atoms with E-state index < -0.39 is 0 Å². The van der Waals surface area contributed by atoms with Crippen molar-refractivity contribution < 1.29 is 0 Å². The number of hydrogen-bond acceptors (Lipinski definition) is 4. The van der Waals surface area contributed by atoms with Crippen LogP contribution >= 0.6 is 11.3 Å². The van der Waals surface area contributed by atoms with E-state index in [2.05, 4.69) is 55.8 Å². The van der Waals surface area contributed by atoms with E-state index in [9.17, 15) is 0 Å². The number of nitrogens with two attached hydrogens (primary N) is 1. The molecule has 0 radical (unpaired) electrons. The van der Waals surface area contributed by atoms with Gasteiger partial charge in [0.05, 0.1) is 0 Å². The highest BCUT2D eigenvalue weighted by Gasteiger charge is 2.33. The van der Waals surface area contributed by atoms with E-state index in [1.165, 1.54) is 4.88 Å². The number of hydrogen-bond donors (Lipinski definition) is 2. The van der Waals surface area contributed by atoms with Gasteiger partial charge < -0.3 is 4.90 Å². The summed E-state index contributed by atoms with van der Waals surface area (Å²) in [6.07, 6.45) is 3.24. The Bertz CT molecular complexity index is 310. The van der Waals surface area contributed by atoms with Gasteiger partial charge in [-0.3, -0.25) is 11.3 Å². The average molecular weight is 255 g/mol. The molecule has 3 nitrogen and oxygen atoms in total. The predicted octanol–water partition coefficient (Wildman–Crippen LogP) is 2.24. The van der Waals surface area contributed by atoms with Crippen LogP contribution in [-0.4, -0.2) is 30.6 Å². The molecule has 3 N–H and O–H groups in total. The van der Waals surface area contributed by atoms with Crippen LogP contribution in [0.25, 0.3) is 0 Å². The van der Waals surface area contributed by atoms with Crippen LogP contribution in [0.15, 0.2) is 17.5 Å². The topological polar surface area (TPSA) is 41.3 Å². The second-order valence-corrected chi connectivity index (χ2v) is 5.97. The fraction of sp³-hybridized carbons (Fsp3) is 0.692. The molecule has 0 fully saturated rings. The van der Waals surface area contributed by atoms with E-state index in [4.69, 9.17) is 5.84 Å². The number of nitrogens with zero attached hydrogens (tertiary/aromatic N) is 1. The smallest absolute Gasteiger partial charge is 0.0395 e. The zero-order valence-corrected chi connectivity index (χ0v) is 12.2. The zero-order chi connectivity index (χ0) is 12.9. The summed E-state index contributed by atoms with van der Waals surface area (Å²) in [6, 6.07) is 4.61. The molecule has 0 saturated carbocycles. The molecule has 0 saturated heterocycles. The van der Waals surface area contributed by atoms with Crippen LogP contribution in [0.2, 0.25) is 0 Å². The summed E-state index contributed by atoms with van der Waals surface area (Å²) >= 11 is 1.82. The molecule has 1 aromatic heterocycles. The van der Waals surface area contributed by atoms with Gasteiger partial charge in [0.1, 0.15) is 0 Å². The molecule has 17 heavy (non-hydrogen) atoms. The largest absolute Gasteiger partial charge is 0.302 e. The van der Waals surface area contributed by atoms with Crippen molar-refractivity contribution in [3.8, 4) is 0 Å². The van der Waals surface area contributed by atoms with Crippen molar-refractivity contribution in [2.45, 2.75) is 44.7 Å². The van der Waals surface area contributed by atoms with E-state index in [0.717, 1.165) is 19.3 Å². The molecule has 4 heteroatoms. The quantitative estimate of drug-likeness (QED) is 0.580. The Kier molecular flexibility index (Phi) is 5.59. The average Bonchev–Trinajstić information content (AvgIpc) is 2.82. The Hall–Kier alpha value is -0.420. The zero-order valence-electron chi connectivity index (χ0n) is 11.4. The lowest BCUT2D eigenvalue weighted by Crippen LogP contribution is -2.58. The van der Waals surface area contributed by atoms with Gasteiger partial charge in [0, 0.05) is 16.5 Å². The van der Waals surface area contributed by atoms with E-state index in [-0.39, 0.29) is 5.54 Å².